The van der Waals surface area contributed by atoms with Crippen LogP contribution in [0.5, 0.6) is 0 Å². The topological polar surface area (TPSA) is 128 Å². The van der Waals surface area contributed by atoms with Crippen LogP contribution in [0.4, 0.5) is 11.5 Å². The molecule has 2 aromatic heterocycles. The fourth-order valence-electron chi connectivity index (χ4n) is 3.97. The third kappa shape index (κ3) is 4.86. The number of nitrogens with two attached hydrogens (primary N) is 1. The number of carbonyl (C=O) groups is 1. The number of nitrogens with zero attached hydrogens (tertiary/aromatic N) is 4. The van der Waals surface area contributed by atoms with Crippen molar-refractivity contribution in [3.05, 3.63) is 77.0 Å². The molecule has 4 aromatic rings. The molecule has 0 aliphatic rings. The molecular formula is C28H24N6OS. The standard InChI is InChI=1S/C28H24N6OS/c1-4-24(27(35)33-23-13-17(3)32-22-8-6-5-7-19(22)23)36-28-21(15-30)25(20(14-29)26(31)34-28)18-11-9-16(2)10-12-18/h5-13,24H,4H2,1-3H3,(H2,31,34)(H,32,33,35). The molecular weight excluding hydrogens is 468 g/mol. The van der Waals surface area contributed by atoms with E-state index in [0.29, 0.717) is 28.3 Å². The summed E-state index contributed by atoms with van der Waals surface area (Å²) in [6.07, 6.45) is 0.491. The molecule has 4 rings (SSSR count). The van der Waals surface area contributed by atoms with Crippen LogP contribution in [0.1, 0.15) is 35.7 Å². The maximum absolute atomic E-state index is 13.4. The molecule has 178 valence electrons. The smallest absolute Gasteiger partial charge is 0.237 e. The highest BCUT2D eigenvalue weighted by atomic mass is 32.2. The summed E-state index contributed by atoms with van der Waals surface area (Å²) in [7, 11) is 0. The monoisotopic (exact) mass is 492 g/mol. The number of aryl methyl sites for hydroxylation is 2. The number of carbonyl (C=O) groups excluding carboxylic acids is 1. The van der Waals surface area contributed by atoms with Crippen molar-refractivity contribution < 1.29 is 4.79 Å². The minimum atomic E-state index is -0.546. The number of amides is 1. The first kappa shape index (κ1) is 24.7. The Labute approximate surface area is 214 Å². The number of hydrogen-bond acceptors (Lipinski definition) is 7. The minimum Gasteiger partial charge on any atom is -0.383 e. The van der Waals surface area contributed by atoms with Gasteiger partial charge in [0.05, 0.1) is 22.0 Å². The number of nitriles is 2. The van der Waals surface area contributed by atoms with Crippen molar-refractivity contribution in [1.29, 1.82) is 10.5 Å². The van der Waals surface area contributed by atoms with Crippen LogP contribution in [0.3, 0.4) is 0 Å². The van der Waals surface area contributed by atoms with Crippen molar-refractivity contribution >= 4 is 40.1 Å². The van der Waals surface area contributed by atoms with Gasteiger partial charge in [0, 0.05) is 16.6 Å². The summed E-state index contributed by atoms with van der Waals surface area (Å²) in [5.41, 5.74) is 11.0. The molecule has 2 heterocycles. The van der Waals surface area contributed by atoms with Crippen LogP contribution in [0, 0.1) is 36.5 Å². The van der Waals surface area contributed by atoms with Crippen LogP contribution in [-0.2, 0) is 4.79 Å². The van der Waals surface area contributed by atoms with Crippen LogP contribution in [0.2, 0.25) is 0 Å². The van der Waals surface area contributed by atoms with E-state index in [9.17, 15) is 15.3 Å². The molecule has 1 atom stereocenters. The zero-order chi connectivity index (χ0) is 25.8. The van der Waals surface area contributed by atoms with Crippen LogP contribution < -0.4 is 11.1 Å². The Balaban J connectivity index is 1.72. The number of nitrogens with one attached hydrogen (secondary N) is 1. The lowest BCUT2D eigenvalue weighted by Gasteiger charge is -2.18. The molecule has 0 saturated carbocycles. The Bertz CT molecular complexity index is 1550. The average Bonchev–Trinajstić information content (AvgIpc) is 2.87. The summed E-state index contributed by atoms with van der Waals surface area (Å²) in [6, 6.07) is 21.3. The van der Waals surface area contributed by atoms with Crippen molar-refractivity contribution in [3.8, 4) is 23.3 Å². The zero-order valence-electron chi connectivity index (χ0n) is 20.2. The fraction of sp³-hybridized carbons (Fsp3) is 0.179. The largest absolute Gasteiger partial charge is 0.383 e. The SMILES string of the molecule is CCC(Sc1nc(N)c(C#N)c(-c2ccc(C)cc2)c1C#N)C(=O)Nc1cc(C)nc2ccccc12. The van der Waals surface area contributed by atoms with E-state index < -0.39 is 5.25 Å². The van der Waals surface area contributed by atoms with Gasteiger partial charge in [-0.05, 0) is 38.0 Å². The summed E-state index contributed by atoms with van der Waals surface area (Å²) in [5.74, 6) is -0.190. The third-order valence-electron chi connectivity index (χ3n) is 5.78. The van der Waals surface area contributed by atoms with Gasteiger partial charge in [0.25, 0.3) is 0 Å². The number of nitrogen functional groups attached to an aromatic ring is 1. The van der Waals surface area contributed by atoms with E-state index in [1.54, 1.807) is 0 Å². The highest BCUT2D eigenvalue weighted by molar-refractivity contribution is 8.00. The summed E-state index contributed by atoms with van der Waals surface area (Å²) in [4.78, 5) is 22.2. The predicted molar refractivity (Wildman–Crippen MR) is 143 cm³/mol. The second-order valence-electron chi connectivity index (χ2n) is 8.35. The van der Waals surface area contributed by atoms with Crippen molar-refractivity contribution in [2.45, 2.75) is 37.5 Å². The molecule has 1 unspecified atom stereocenters. The van der Waals surface area contributed by atoms with Gasteiger partial charge in [-0.15, -0.1) is 0 Å². The van der Waals surface area contributed by atoms with Crippen molar-refractivity contribution in [2.75, 3.05) is 11.1 Å². The van der Waals surface area contributed by atoms with Gasteiger partial charge in [-0.1, -0.05) is 66.7 Å². The highest BCUT2D eigenvalue weighted by Gasteiger charge is 2.26. The van der Waals surface area contributed by atoms with Crippen LogP contribution in [0.15, 0.2) is 59.6 Å². The number of thioether (sulfide) groups is 1. The lowest BCUT2D eigenvalue weighted by atomic mass is 9.96. The van der Waals surface area contributed by atoms with E-state index in [4.69, 9.17) is 5.73 Å². The number of pyridine rings is 2. The highest BCUT2D eigenvalue weighted by Crippen LogP contribution is 2.38. The van der Waals surface area contributed by atoms with E-state index >= 15 is 0 Å². The molecule has 0 fully saturated rings. The summed E-state index contributed by atoms with van der Waals surface area (Å²) >= 11 is 1.17. The van der Waals surface area contributed by atoms with Crippen molar-refractivity contribution in [3.63, 3.8) is 0 Å². The van der Waals surface area contributed by atoms with Crippen LogP contribution >= 0.6 is 11.8 Å². The maximum Gasteiger partial charge on any atom is 0.237 e. The van der Waals surface area contributed by atoms with Gasteiger partial charge in [0.1, 0.15) is 28.5 Å². The molecule has 3 N–H and O–H groups in total. The molecule has 8 heteroatoms. The first-order valence-corrected chi connectivity index (χ1v) is 12.3. The number of aromatic nitrogens is 2. The second-order valence-corrected chi connectivity index (χ2v) is 9.54. The number of para-hydroxylation sites is 1. The molecule has 0 radical (unpaired) electrons. The first-order valence-electron chi connectivity index (χ1n) is 11.4. The van der Waals surface area contributed by atoms with E-state index in [0.717, 1.165) is 22.2 Å². The lowest BCUT2D eigenvalue weighted by molar-refractivity contribution is -0.115. The normalized spacial score (nSPS) is 11.5. The molecule has 0 bridgehead atoms. The van der Waals surface area contributed by atoms with Gasteiger partial charge >= 0.3 is 0 Å². The first-order chi connectivity index (χ1) is 17.4. The van der Waals surface area contributed by atoms with Gasteiger partial charge in [-0.3, -0.25) is 9.78 Å². The van der Waals surface area contributed by atoms with Crippen molar-refractivity contribution in [2.24, 2.45) is 0 Å². The number of hydrogen-bond donors (Lipinski definition) is 2. The lowest BCUT2D eigenvalue weighted by Crippen LogP contribution is -2.25. The Morgan fingerprint density at radius 2 is 1.75 bits per heavy atom. The number of rotatable bonds is 6. The molecule has 36 heavy (non-hydrogen) atoms. The van der Waals surface area contributed by atoms with E-state index in [2.05, 4.69) is 27.4 Å². The minimum absolute atomic E-state index is 0.0283. The molecule has 0 aliphatic carbocycles. The van der Waals surface area contributed by atoms with Crippen LogP contribution in [0.25, 0.3) is 22.0 Å². The third-order valence-corrected chi connectivity index (χ3v) is 7.13. The average molecular weight is 493 g/mol. The molecule has 7 nitrogen and oxygen atoms in total. The predicted octanol–water partition coefficient (Wildman–Crippen LogP) is 5.75. The van der Waals surface area contributed by atoms with E-state index in [-0.39, 0.29) is 22.9 Å². The van der Waals surface area contributed by atoms with Gasteiger partial charge < -0.3 is 11.1 Å². The van der Waals surface area contributed by atoms with E-state index in [1.165, 1.54) is 11.8 Å². The zero-order valence-corrected chi connectivity index (χ0v) is 21.0. The summed E-state index contributed by atoms with van der Waals surface area (Å²) in [6.45, 7) is 5.73. The summed E-state index contributed by atoms with van der Waals surface area (Å²) in [5, 5.41) is 23.5. The van der Waals surface area contributed by atoms with Gasteiger partial charge in [-0.25, -0.2) is 4.98 Å². The Kier molecular flexibility index (Phi) is 7.19. The quantitative estimate of drug-likeness (QED) is 0.328. The number of anilines is 2. The molecule has 0 spiro atoms. The van der Waals surface area contributed by atoms with Crippen molar-refractivity contribution in [1.82, 2.24) is 9.97 Å². The van der Waals surface area contributed by atoms with Crippen LogP contribution in [-0.4, -0.2) is 21.1 Å². The molecule has 2 aromatic carbocycles. The molecule has 0 saturated heterocycles. The second kappa shape index (κ2) is 10.5. The maximum atomic E-state index is 13.4. The van der Waals surface area contributed by atoms with Gasteiger partial charge in [-0.2, -0.15) is 10.5 Å². The molecule has 0 aliphatic heterocycles. The fourth-order valence-corrected chi connectivity index (χ4v) is 4.99. The van der Waals surface area contributed by atoms with Gasteiger partial charge in [0.15, 0.2) is 0 Å². The Morgan fingerprint density at radius 3 is 2.42 bits per heavy atom. The van der Waals surface area contributed by atoms with E-state index in [1.807, 2.05) is 75.4 Å². The Hall–Kier alpha value is -4.40. The van der Waals surface area contributed by atoms with Gasteiger partial charge in [0.2, 0.25) is 5.91 Å². The molecule has 1 amide bonds. The number of fused-ring (bicyclic) bond motifs is 1. The Morgan fingerprint density at radius 1 is 1.06 bits per heavy atom. The summed E-state index contributed by atoms with van der Waals surface area (Å²) < 4.78 is 0. The number of benzene rings is 2.